The fourth-order valence-electron chi connectivity index (χ4n) is 2.38. The maximum absolute atomic E-state index is 3.21. The van der Waals surface area contributed by atoms with Crippen molar-refractivity contribution in [2.24, 2.45) is 11.8 Å². The van der Waals surface area contributed by atoms with Crippen LogP contribution in [0, 0.1) is 11.8 Å². The standard InChI is InChI=1S/C13H27N/c1-3-4-5-8-12-11-13(12)9-6-7-10-14-2/h12-14H,3-11H2,1-2H3. The van der Waals surface area contributed by atoms with Crippen LogP contribution in [0.15, 0.2) is 0 Å². The highest BCUT2D eigenvalue weighted by molar-refractivity contribution is 4.85. The van der Waals surface area contributed by atoms with Crippen LogP contribution in [0.2, 0.25) is 0 Å². The molecule has 0 spiro atoms. The van der Waals surface area contributed by atoms with Crippen LogP contribution >= 0.6 is 0 Å². The lowest BCUT2D eigenvalue weighted by atomic mass is 10.1. The summed E-state index contributed by atoms with van der Waals surface area (Å²) in [6.07, 6.45) is 11.7. The third-order valence-electron chi connectivity index (χ3n) is 3.50. The molecule has 14 heavy (non-hydrogen) atoms. The first-order valence-electron chi connectivity index (χ1n) is 6.53. The summed E-state index contributed by atoms with van der Waals surface area (Å²) in [4.78, 5) is 0. The van der Waals surface area contributed by atoms with Gasteiger partial charge in [-0.3, -0.25) is 0 Å². The first-order chi connectivity index (χ1) is 6.88. The van der Waals surface area contributed by atoms with Crippen LogP contribution in [0.1, 0.15) is 58.3 Å². The van der Waals surface area contributed by atoms with Gasteiger partial charge < -0.3 is 5.32 Å². The molecule has 1 N–H and O–H groups in total. The molecule has 0 radical (unpaired) electrons. The smallest absolute Gasteiger partial charge is 0.00519 e. The van der Waals surface area contributed by atoms with E-state index in [4.69, 9.17) is 0 Å². The fraction of sp³-hybridized carbons (Fsp3) is 1.00. The van der Waals surface area contributed by atoms with E-state index in [1.165, 1.54) is 51.5 Å². The van der Waals surface area contributed by atoms with E-state index in [-0.39, 0.29) is 0 Å². The zero-order valence-corrected chi connectivity index (χ0v) is 10.0. The number of unbranched alkanes of at least 4 members (excludes halogenated alkanes) is 3. The quantitative estimate of drug-likeness (QED) is 0.557. The van der Waals surface area contributed by atoms with E-state index < -0.39 is 0 Å². The van der Waals surface area contributed by atoms with Crippen molar-refractivity contribution in [3.05, 3.63) is 0 Å². The summed E-state index contributed by atoms with van der Waals surface area (Å²) in [6, 6.07) is 0. The molecule has 1 heteroatoms. The Balaban J connectivity index is 1.82. The Labute approximate surface area is 89.7 Å². The van der Waals surface area contributed by atoms with Gasteiger partial charge in [0.2, 0.25) is 0 Å². The van der Waals surface area contributed by atoms with Crippen molar-refractivity contribution in [2.75, 3.05) is 13.6 Å². The Morgan fingerprint density at radius 2 is 1.64 bits per heavy atom. The lowest BCUT2D eigenvalue weighted by Crippen LogP contribution is -2.07. The summed E-state index contributed by atoms with van der Waals surface area (Å²) >= 11 is 0. The predicted molar refractivity (Wildman–Crippen MR) is 63.5 cm³/mol. The molecule has 1 nitrogen and oxygen atoms in total. The van der Waals surface area contributed by atoms with Crippen molar-refractivity contribution in [2.45, 2.75) is 58.3 Å². The first kappa shape index (κ1) is 12.0. The van der Waals surface area contributed by atoms with E-state index in [1.54, 1.807) is 6.42 Å². The summed E-state index contributed by atoms with van der Waals surface area (Å²) in [5, 5.41) is 3.21. The summed E-state index contributed by atoms with van der Waals surface area (Å²) in [5.41, 5.74) is 0. The van der Waals surface area contributed by atoms with Gasteiger partial charge in [-0.15, -0.1) is 0 Å². The average Bonchev–Trinajstić information content (AvgIpc) is 2.92. The van der Waals surface area contributed by atoms with Crippen molar-refractivity contribution in [1.82, 2.24) is 5.32 Å². The summed E-state index contributed by atoms with van der Waals surface area (Å²) in [7, 11) is 2.05. The molecular weight excluding hydrogens is 170 g/mol. The number of hydrogen-bond donors (Lipinski definition) is 1. The van der Waals surface area contributed by atoms with Gasteiger partial charge in [0, 0.05) is 0 Å². The van der Waals surface area contributed by atoms with E-state index in [1.807, 2.05) is 7.05 Å². The molecule has 1 aliphatic carbocycles. The maximum atomic E-state index is 3.21. The number of hydrogen-bond acceptors (Lipinski definition) is 1. The SMILES string of the molecule is CCCCCC1CC1CCCCNC. The van der Waals surface area contributed by atoms with E-state index in [2.05, 4.69) is 12.2 Å². The van der Waals surface area contributed by atoms with Crippen molar-refractivity contribution < 1.29 is 0 Å². The highest BCUT2D eigenvalue weighted by Crippen LogP contribution is 2.45. The van der Waals surface area contributed by atoms with Crippen molar-refractivity contribution in [3.8, 4) is 0 Å². The molecule has 2 unspecified atom stereocenters. The van der Waals surface area contributed by atoms with E-state index in [0.717, 1.165) is 11.8 Å². The third-order valence-corrected chi connectivity index (χ3v) is 3.50. The van der Waals surface area contributed by atoms with Crippen molar-refractivity contribution in [1.29, 1.82) is 0 Å². The molecule has 1 aliphatic rings. The summed E-state index contributed by atoms with van der Waals surface area (Å²) in [6.45, 7) is 3.50. The van der Waals surface area contributed by atoms with Crippen LogP contribution in [-0.2, 0) is 0 Å². The fourth-order valence-corrected chi connectivity index (χ4v) is 2.38. The van der Waals surface area contributed by atoms with Crippen LogP contribution in [0.3, 0.4) is 0 Å². The number of rotatable bonds is 9. The topological polar surface area (TPSA) is 12.0 Å². The molecule has 0 bridgehead atoms. The van der Waals surface area contributed by atoms with Crippen LogP contribution in [0.4, 0.5) is 0 Å². The van der Waals surface area contributed by atoms with E-state index in [9.17, 15) is 0 Å². The van der Waals surface area contributed by atoms with Gasteiger partial charge in [-0.25, -0.2) is 0 Å². The molecule has 0 aromatic heterocycles. The van der Waals surface area contributed by atoms with Crippen LogP contribution in [0.25, 0.3) is 0 Å². The Kier molecular flexibility index (Phi) is 6.25. The van der Waals surface area contributed by atoms with Gasteiger partial charge in [-0.2, -0.15) is 0 Å². The highest BCUT2D eigenvalue weighted by atomic mass is 14.8. The molecule has 1 saturated carbocycles. The van der Waals surface area contributed by atoms with E-state index >= 15 is 0 Å². The number of nitrogens with one attached hydrogen (secondary N) is 1. The second-order valence-electron chi connectivity index (χ2n) is 4.85. The first-order valence-corrected chi connectivity index (χ1v) is 6.53. The third kappa shape index (κ3) is 4.99. The minimum atomic E-state index is 1.11. The lowest BCUT2D eigenvalue weighted by molar-refractivity contribution is 0.537. The van der Waals surface area contributed by atoms with Gasteiger partial charge in [-0.1, -0.05) is 45.4 Å². The van der Waals surface area contributed by atoms with Gasteiger partial charge in [0.1, 0.15) is 0 Å². The molecule has 1 rings (SSSR count). The van der Waals surface area contributed by atoms with Crippen LogP contribution < -0.4 is 5.32 Å². The molecule has 0 amide bonds. The normalized spacial score (nSPS) is 25.3. The van der Waals surface area contributed by atoms with Crippen molar-refractivity contribution in [3.63, 3.8) is 0 Å². The highest BCUT2D eigenvalue weighted by Gasteiger charge is 2.34. The second kappa shape index (κ2) is 7.28. The minimum Gasteiger partial charge on any atom is -0.320 e. The van der Waals surface area contributed by atoms with Gasteiger partial charge in [0.05, 0.1) is 0 Å². The van der Waals surface area contributed by atoms with Gasteiger partial charge in [-0.05, 0) is 38.3 Å². The van der Waals surface area contributed by atoms with Crippen molar-refractivity contribution >= 4 is 0 Å². The summed E-state index contributed by atoms with van der Waals surface area (Å²) in [5.74, 6) is 2.24. The minimum absolute atomic E-state index is 1.11. The second-order valence-corrected chi connectivity index (χ2v) is 4.85. The maximum Gasteiger partial charge on any atom is -0.00519 e. The van der Waals surface area contributed by atoms with E-state index in [0.29, 0.717) is 0 Å². The molecule has 84 valence electrons. The molecule has 0 heterocycles. The van der Waals surface area contributed by atoms with Gasteiger partial charge >= 0.3 is 0 Å². The molecule has 1 fully saturated rings. The zero-order valence-electron chi connectivity index (χ0n) is 10.0. The van der Waals surface area contributed by atoms with Crippen LogP contribution in [0.5, 0.6) is 0 Å². The molecule has 0 saturated heterocycles. The van der Waals surface area contributed by atoms with Crippen LogP contribution in [-0.4, -0.2) is 13.6 Å². The Morgan fingerprint density at radius 1 is 1.00 bits per heavy atom. The van der Waals surface area contributed by atoms with Gasteiger partial charge in [0.25, 0.3) is 0 Å². The average molecular weight is 197 g/mol. The monoisotopic (exact) mass is 197 g/mol. The molecule has 2 atom stereocenters. The Hall–Kier alpha value is -0.0400. The largest absolute Gasteiger partial charge is 0.320 e. The summed E-state index contributed by atoms with van der Waals surface area (Å²) < 4.78 is 0. The Bertz CT molecular complexity index is 133. The lowest BCUT2D eigenvalue weighted by Gasteiger charge is -2.00. The van der Waals surface area contributed by atoms with Gasteiger partial charge in [0.15, 0.2) is 0 Å². The molecule has 0 aromatic carbocycles. The molecular formula is C13H27N. The zero-order chi connectivity index (χ0) is 10.2. The molecule has 0 aliphatic heterocycles. The molecule has 0 aromatic rings. The Morgan fingerprint density at radius 3 is 2.21 bits per heavy atom. The predicted octanol–water partition coefficient (Wildman–Crippen LogP) is 3.59.